The van der Waals surface area contributed by atoms with Crippen LogP contribution in [0, 0.1) is 5.92 Å². The van der Waals surface area contributed by atoms with E-state index in [1.54, 1.807) is 38.3 Å². The third kappa shape index (κ3) is 8.40. The summed E-state index contributed by atoms with van der Waals surface area (Å²) in [4.78, 5) is 30.2. The number of hydrogen-bond acceptors (Lipinski definition) is 5. The van der Waals surface area contributed by atoms with E-state index in [0.29, 0.717) is 47.7 Å². The number of rotatable bonds is 11. The van der Waals surface area contributed by atoms with Gasteiger partial charge in [-0.15, -0.1) is 0 Å². The van der Waals surface area contributed by atoms with E-state index in [1.807, 2.05) is 24.1 Å². The SMILES string of the molecule is C=CC1=C(/C=C(/CN2CC=C(C(/C=C\C(=C\CC)C(=O)NC)=C(/C)F)CO2)C(C)CC)NC(=O)C(C)O1. The van der Waals surface area contributed by atoms with Crippen molar-refractivity contribution >= 4 is 11.8 Å². The van der Waals surface area contributed by atoms with Crippen molar-refractivity contribution in [1.82, 2.24) is 15.7 Å². The molecule has 2 heterocycles. The lowest BCUT2D eigenvalue weighted by atomic mass is 9.96. The molecule has 0 aromatic heterocycles. The molecule has 8 heteroatoms. The van der Waals surface area contributed by atoms with Gasteiger partial charge in [-0.3, -0.25) is 14.4 Å². The summed E-state index contributed by atoms with van der Waals surface area (Å²) in [6.07, 6.45) is 11.5. The van der Waals surface area contributed by atoms with Gasteiger partial charge in [0.15, 0.2) is 6.10 Å². The van der Waals surface area contributed by atoms with Gasteiger partial charge in [0, 0.05) is 31.3 Å². The van der Waals surface area contributed by atoms with E-state index in [4.69, 9.17) is 9.57 Å². The summed E-state index contributed by atoms with van der Waals surface area (Å²) in [6, 6.07) is 0. The lowest BCUT2D eigenvalue weighted by molar-refractivity contribution is -0.143. The van der Waals surface area contributed by atoms with Crippen molar-refractivity contribution in [2.75, 3.05) is 26.7 Å². The van der Waals surface area contributed by atoms with Gasteiger partial charge in [-0.05, 0) is 62.0 Å². The van der Waals surface area contributed by atoms with Crippen LogP contribution in [0.15, 0.2) is 82.6 Å². The third-order valence-corrected chi connectivity index (χ3v) is 6.32. The predicted octanol–water partition coefficient (Wildman–Crippen LogP) is 4.95. The Balaban J connectivity index is 2.23. The number of hydrogen-bond donors (Lipinski definition) is 2. The molecule has 2 aliphatic heterocycles. The van der Waals surface area contributed by atoms with Gasteiger partial charge in [0.25, 0.3) is 11.8 Å². The first-order valence-corrected chi connectivity index (χ1v) is 12.7. The highest BCUT2D eigenvalue weighted by atomic mass is 19.1. The number of nitrogens with zero attached hydrogens (tertiary/aromatic N) is 1. The number of allylic oxidation sites excluding steroid dienone is 5. The number of carbonyl (C=O) groups excluding carboxylic acids is 2. The van der Waals surface area contributed by atoms with Gasteiger partial charge in [0.2, 0.25) is 0 Å². The molecule has 7 nitrogen and oxygen atoms in total. The zero-order valence-corrected chi connectivity index (χ0v) is 22.8. The molecule has 0 radical (unpaired) electrons. The van der Waals surface area contributed by atoms with Crippen LogP contribution >= 0.6 is 0 Å². The lowest BCUT2D eigenvalue weighted by Gasteiger charge is -2.30. The number of carbonyl (C=O) groups is 2. The fraction of sp³-hybridized carbons (Fsp3) is 0.448. The monoisotopic (exact) mass is 513 g/mol. The van der Waals surface area contributed by atoms with Gasteiger partial charge < -0.3 is 15.4 Å². The molecule has 2 atom stereocenters. The van der Waals surface area contributed by atoms with Crippen molar-refractivity contribution in [1.29, 1.82) is 0 Å². The van der Waals surface area contributed by atoms with Crippen LogP contribution in [0.1, 0.15) is 47.5 Å². The maximum absolute atomic E-state index is 14.4. The number of nitrogens with one attached hydrogen (secondary N) is 2. The van der Waals surface area contributed by atoms with Crippen molar-refractivity contribution in [3.05, 3.63) is 82.6 Å². The highest BCUT2D eigenvalue weighted by Crippen LogP contribution is 2.25. The van der Waals surface area contributed by atoms with Gasteiger partial charge in [-0.2, -0.15) is 5.06 Å². The van der Waals surface area contributed by atoms with Crippen LogP contribution in [0.2, 0.25) is 0 Å². The Bertz CT molecular complexity index is 1060. The van der Waals surface area contributed by atoms with Crippen molar-refractivity contribution in [3.63, 3.8) is 0 Å². The Morgan fingerprint density at radius 2 is 2.11 bits per heavy atom. The van der Waals surface area contributed by atoms with Crippen molar-refractivity contribution in [3.8, 4) is 0 Å². The van der Waals surface area contributed by atoms with Gasteiger partial charge in [-0.1, -0.05) is 45.6 Å². The maximum Gasteiger partial charge on any atom is 0.265 e. The van der Waals surface area contributed by atoms with Gasteiger partial charge in [0.1, 0.15) is 11.6 Å². The molecule has 202 valence electrons. The van der Waals surface area contributed by atoms with Crippen LogP contribution in [-0.4, -0.2) is 49.7 Å². The average Bonchev–Trinajstić information content (AvgIpc) is 2.89. The molecule has 0 bridgehead atoms. The summed E-state index contributed by atoms with van der Waals surface area (Å²) < 4.78 is 20.1. The Morgan fingerprint density at radius 3 is 2.65 bits per heavy atom. The van der Waals surface area contributed by atoms with Crippen molar-refractivity contribution in [2.24, 2.45) is 5.92 Å². The minimum Gasteiger partial charge on any atom is -0.479 e. The molecule has 2 aliphatic rings. The molecule has 2 N–H and O–H groups in total. The first-order valence-electron chi connectivity index (χ1n) is 12.7. The van der Waals surface area contributed by atoms with E-state index < -0.39 is 6.10 Å². The molecule has 2 rings (SSSR count). The second-order valence-corrected chi connectivity index (χ2v) is 9.01. The van der Waals surface area contributed by atoms with Crippen molar-refractivity contribution < 1.29 is 23.6 Å². The predicted molar refractivity (Wildman–Crippen MR) is 144 cm³/mol. The highest BCUT2D eigenvalue weighted by molar-refractivity contribution is 5.96. The third-order valence-electron chi connectivity index (χ3n) is 6.32. The maximum atomic E-state index is 14.4. The van der Waals surface area contributed by atoms with Crippen LogP contribution in [0.5, 0.6) is 0 Å². The summed E-state index contributed by atoms with van der Waals surface area (Å²) in [5.41, 5.74) is 3.24. The lowest BCUT2D eigenvalue weighted by Crippen LogP contribution is -2.39. The molecule has 2 amide bonds. The van der Waals surface area contributed by atoms with E-state index >= 15 is 0 Å². The quantitative estimate of drug-likeness (QED) is 0.302. The number of likely N-dealkylation sites (N-methyl/N-ethyl adjacent to an activating group) is 1. The molecular formula is C29H40FN3O4. The molecule has 0 aromatic rings. The van der Waals surface area contributed by atoms with Gasteiger partial charge in [-0.25, -0.2) is 4.39 Å². The largest absolute Gasteiger partial charge is 0.479 e. The Morgan fingerprint density at radius 1 is 1.38 bits per heavy atom. The van der Waals surface area contributed by atoms with Crippen molar-refractivity contribution in [2.45, 2.75) is 53.6 Å². The molecule has 0 saturated heterocycles. The summed E-state index contributed by atoms with van der Waals surface area (Å²) in [5, 5.41) is 7.31. The standard InChI is InChI=1S/C29H40FN3O4/c1-8-11-22(29(35)31-7)12-13-25(20(5)30)23-14-15-33(36-18-23)17-24(19(4)9-2)16-26-27(10-3)37-21(6)28(34)32-26/h10-14,16,19,21H,3,8-9,15,17-18H2,1-2,4-7H3,(H,31,35)(H,32,34)/b13-12-,22-11-,24-16-,25-20-. The molecule has 2 unspecified atom stereocenters. The number of ether oxygens (including phenoxy) is 1. The van der Waals surface area contributed by atoms with Gasteiger partial charge in [0.05, 0.1) is 12.3 Å². The highest BCUT2D eigenvalue weighted by Gasteiger charge is 2.25. The molecule has 0 saturated carbocycles. The second-order valence-electron chi connectivity index (χ2n) is 9.01. The second kappa shape index (κ2) is 14.5. The number of halogens is 1. The molecular weight excluding hydrogens is 473 g/mol. The molecule has 0 fully saturated rings. The molecule has 37 heavy (non-hydrogen) atoms. The van der Waals surface area contributed by atoms with Crippen LogP contribution in [0.4, 0.5) is 4.39 Å². The van der Waals surface area contributed by atoms with Crippen LogP contribution < -0.4 is 10.6 Å². The first-order chi connectivity index (χ1) is 17.6. The van der Waals surface area contributed by atoms with Crippen LogP contribution in [0.3, 0.4) is 0 Å². The molecule has 0 aliphatic carbocycles. The van der Waals surface area contributed by atoms with E-state index in [1.165, 1.54) is 6.92 Å². The Hall–Kier alpha value is -3.23. The van der Waals surface area contributed by atoms with E-state index in [9.17, 15) is 14.0 Å². The summed E-state index contributed by atoms with van der Waals surface area (Å²) >= 11 is 0. The fourth-order valence-corrected chi connectivity index (χ4v) is 3.86. The van der Waals surface area contributed by atoms with Crippen LogP contribution in [-0.2, 0) is 19.2 Å². The zero-order chi connectivity index (χ0) is 27.5. The van der Waals surface area contributed by atoms with E-state index in [0.717, 1.165) is 12.0 Å². The van der Waals surface area contributed by atoms with E-state index in [2.05, 4.69) is 31.1 Å². The Kier molecular flexibility index (Phi) is 11.8. The normalized spacial score (nSPS) is 21.2. The van der Waals surface area contributed by atoms with E-state index in [-0.39, 0.29) is 30.2 Å². The minimum atomic E-state index is -0.577. The summed E-state index contributed by atoms with van der Waals surface area (Å²) in [7, 11) is 1.56. The number of hydroxylamine groups is 2. The zero-order valence-electron chi connectivity index (χ0n) is 22.8. The Labute approximate surface area is 220 Å². The molecule has 0 spiro atoms. The van der Waals surface area contributed by atoms with Gasteiger partial charge >= 0.3 is 0 Å². The summed E-state index contributed by atoms with van der Waals surface area (Å²) in [5.74, 6) is -0.0168. The fourth-order valence-electron chi connectivity index (χ4n) is 3.86. The topological polar surface area (TPSA) is 79.9 Å². The smallest absolute Gasteiger partial charge is 0.265 e. The average molecular weight is 514 g/mol. The number of amides is 2. The molecule has 0 aromatic carbocycles. The van der Waals surface area contributed by atoms with Crippen LogP contribution in [0.25, 0.3) is 0 Å². The summed E-state index contributed by atoms with van der Waals surface area (Å²) in [6.45, 7) is 14.2. The minimum absolute atomic E-state index is 0.194. The first kappa shape index (κ1) is 30.0.